The van der Waals surface area contributed by atoms with Gasteiger partial charge in [-0.15, -0.1) is 0 Å². The second-order valence-electron chi connectivity index (χ2n) is 7.38. The van der Waals surface area contributed by atoms with E-state index in [4.69, 9.17) is 15.2 Å². The highest BCUT2D eigenvalue weighted by Gasteiger charge is 2.31. The van der Waals surface area contributed by atoms with Gasteiger partial charge in [-0.25, -0.2) is 9.59 Å². The summed E-state index contributed by atoms with van der Waals surface area (Å²) in [6.07, 6.45) is 1.81. The number of amides is 2. The molecule has 0 fully saturated rings. The molecule has 8 heteroatoms. The maximum Gasteiger partial charge on any atom is 0.408 e. The maximum atomic E-state index is 12.7. The van der Waals surface area contributed by atoms with Crippen LogP contribution in [0.5, 0.6) is 0 Å². The number of nitrogens with one attached hydrogen (secondary N) is 2. The van der Waals surface area contributed by atoms with Crippen molar-refractivity contribution in [3.8, 4) is 0 Å². The van der Waals surface area contributed by atoms with Gasteiger partial charge in [0.1, 0.15) is 17.7 Å². The minimum atomic E-state index is -0.812. The minimum absolute atomic E-state index is 0.0994. The zero-order valence-corrected chi connectivity index (χ0v) is 16.9. The number of carbonyl (C=O) groups is 3. The van der Waals surface area contributed by atoms with E-state index in [2.05, 4.69) is 10.6 Å². The smallest absolute Gasteiger partial charge is 0.408 e. The lowest BCUT2D eigenvalue weighted by molar-refractivity contribution is -0.146. The summed E-state index contributed by atoms with van der Waals surface area (Å²) in [5.41, 5.74) is 4.82. The Bertz CT molecular complexity index is 462. The molecule has 152 valence electrons. The Morgan fingerprint density at radius 2 is 1.73 bits per heavy atom. The summed E-state index contributed by atoms with van der Waals surface area (Å²) >= 11 is 0. The molecule has 0 rings (SSSR count). The normalized spacial score (nSPS) is 14.7. The number of hydrogen-bond acceptors (Lipinski definition) is 6. The molecule has 0 aliphatic carbocycles. The van der Waals surface area contributed by atoms with E-state index in [1.807, 2.05) is 13.8 Å². The second-order valence-corrected chi connectivity index (χ2v) is 7.38. The molecular formula is C18H35N3O5. The van der Waals surface area contributed by atoms with Crippen LogP contribution in [0.15, 0.2) is 0 Å². The van der Waals surface area contributed by atoms with Gasteiger partial charge in [0.05, 0.1) is 7.11 Å². The molecule has 0 bridgehead atoms. The zero-order chi connectivity index (χ0) is 20.3. The summed E-state index contributed by atoms with van der Waals surface area (Å²) in [4.78, 5) is 36.7. The van der Waals surface area contributed by atoms with Gasteiger partial charge in [-0.1, -0.05) is 20.3 Å². The molecule has 8 nitrogen and oxygen atoms in total. The maximum absolute atomic E-state index is 12.7. The van der Waals surface area contributed by atoms with Crippen molar-refractivity contribution >= 4 is 18.0 Å². The molecule has 26 heavy (non-hydrogen) atoms. The summed E-state index contributed by atoms with van der Waals surface area (Å²) in [6, 6.07) is -1.58. The van der Waals surface area contributed by atoms with E-state index in [1.165, 1.54) is 7.11 Å². The molecule has 0 aliphatic rings. The van der Waals surface area contributed by atoms with Gasteiger partial charge in [0.25, 0.3) is 0 Å². The Morgan fingerprint density at radius 1 is 1.12 bits per heavy atom. The third kappa shape index (κ3) is 9.60. The Morgan fingerprint density at radius 3 is 2.19 bits per heavy atom. The van der Waals surface area contributed by atoms with Crippen molar-refractivity contribution in [2.24, 2.45) is 11.7 Å². The summed E-state index contributed by atoms with van der Waals surface area (Å²) in [5, 5.41) is 5.28. The third-order valence-electron chi connectivity index (χ3n) is 3.92. The molecule has 2 amide bonds. The molecule has 0 aromatic rings. The van der Waals surface area contributed by atoms with Crippen LogP contribution in [0.1, 0.15) is 60.3 Å². The van der Waals surface area contributed by atoms with E-state index in [0.717, 1.165) is 6.42 Å². The van der Waals surface area contributed by atoms with Crippen LogP contribution < -0.4 is 16.4 Å². The Balaban J connectivity index is 5.11. The second kappa shape index (κ2) is 11.7. The Hall–Kier alpha value is -1.83. The van der Waals surface area contributed by atoms with Crippen molar-refractivity contribution in [2.45, 2.75) is 78.0 Å². The molecule has 0 unspecified atom stereocenters. The quantitative estimate of drug-likeness (QED) is 0.396. The molecule has 0 saturated heterocycles. The predicted octanol–water partition coefficient (Wildman–Crippen LogP) is 1.71. The lowest BCUT2D eigenvalue weighted by atomic mass is 9.98. The van der Waals surface area contributed by atoms with Gasteiger partial charge in [0, 0.05) is 0 Å². The molecule has 0 radical (unpaired) electrons. The number of carbonyl (C=O) groups excluding carboxylic acids is 3. The fraction of sp³-hybridized carbons (Fsp3) is 0.833. The van der Waals surface area contributed by atoms with Crippen LogP contribution in [-0.4, -0.2) is 49.3 Å². The van der Waals surface area contributed by atoms with Gasteiger partial charge in [-0.3, -0.25) is 4.79 Å². The van der Waals surface area contributed by atoms with Crippen LogP contribution in [0.3, 0.4) is 0 Å². The van der Waals surface area contributed by atoms with E-state index in [-0.39, 0.29) is 5.92 Å². The fourth-order valence-electron chi connectivity index (χ4n) is 2.26. The van der Waals surface area contributed by atoms with Gasteiger partial charge >= 0.3 is 12.1 Å². The van der Waals surface area contributed by atoms with Crippen LogP contribution in [0.4, 0.5) is 4.79 Å². The predicted molar refractivity (Wildman–Crippen MR) is 99.5 cm³/mol. The standard InChI is InChI=1S/C18H35N3O5/c1-7-12(2)14(16(23)25-6)21-15(22)13(10-8-9-11-19)20-17(24)26-18(3,4)5/h12-14H,7-11,19H2,1-6H3,(H,20,24)(H,21,22)/t12-,13-,14-/m0/s1. The van der Waals surface area contributed by atoms with Gasteiger partial charge in [-0.05, 0) is 52.5 Å². The first-order valence-electron chi connectivity index (χ1n) is 9.13. The molecule has 0 saturated carbocycles. The van der Waals surface area contributed by atoms with Crippen molar-refractivity contribution in [3.05, 3.63) is 0 Å². The number of methoxy groups -OCH3 is 1. The monoisotopic (exact) mass is 373 g/mol. The van der Waals surface area contributed by atoms with Crippen molar-refractivity contribution < 1.29 is 23.9 Å². The summed E-state index contributed by atoms with van der Waals surface area (Å²) in [7, 11) is 1.28. The highest BCUT2D eigenvalue weighted by molar-refractivity contribution is 5.89. The van der Waals surface area contributed by atoms with Crippen LogP contribution >= 0.6 is 0 Å². The SMILES string of the molecule is CC[C@H](C)[C@H](NC(=O)[C@H](CCCCN)NC(=O)OC(C)(C)C)C(=O)OC. The average molecular weight is 373 g/mol. The van der Waals surface area contributed by atoms with Gasteiger partial charge in [-0.2, -0.15) is 0 Å². The fourth-order valence-corrected chi connectivity index (χ4v) is 2.26. The Kier molecular flexibility index (Phi) is 10.9. The van der Waals surface area contributed by atoms with Crippen molar-refractivity contribution in [1.82, 2.24) is 10.6 Å². The van der Waals surface area contributed by atoms with Gasteiger partial charge < -0.3 is 25.8 Å². The highest BCUT2D eigenvalue weighted by Crippen LogP contribution is 2.12. The van der Waals surface area contributed by atoms with Gasteiger partial charge in [0.2, 0.25) is 5.91 Å². The van der Waals surface area contributed by atoms with Crippen LogP contribution in [0, 0.1) is 5.92 Å². The number of esters is 1. The summed E-state index contributed by atoms with van der Waals surface area (Å²) in [6.45, 7) is 9.50. The van der Waals surface area contributed by atoms with E-state index < -0.39 is 35.7 Å². The first-order valence-corrected chi connectivity index (χ1v) is 9.13. The van der Waals surface area contributed by atoms with E-state index in [0.29, 0.717) is 25.8 Å². The molecular weight excluding hydrogens is 338 g/mol. The lowest BCUT2D eigenvalue weighted by Crippen LogP contribution is -2.54. The lowest BCUT2D eigenvalue weighted by Gasteiger charge is -2.26. The van der Waals surface area contributed by atoms with E-state index >= 15 is 0 Å². The first-order chi connectivity index (χ1) is 12.1. The number of nitrogens with two attached hydrogens (primary N) is 1. The number of rotatable bonds is 10. The van der Waals surface area contributed by atoms with Crippen LogP contribution in [0.25, 0.3) is 0 Å². The van der Waals surface area contributed by atoms with Gasteiger partial charge in [0.15, 0.2) is 0 Å². The largest absolute Gasteiger partial charge is 0.467 e. The summed E-state index contributed by atoms with van der Waals surface area (Å²) < 4.78 is 10.00. The molecule has 0 spiro atoms. The third-order valence-corrected chi connectivity index (χ3v) is 3.92. The molecule has 0 aromatic carbocycles. The molecule has 0 aromatic heterocycles. The van der Waals surface area contributed by atoms with Crippen LogP contribution in [0.2, 0.25) is 0 Å². The number of alkyl carbamates (subject to hydrolysis) is 1. The molecule has 0 heterocycles. The van der Waals surface area contributed by atoms with Crippen molar-refractivity contribution in [2.75, 3.05) is 13.7 Å². The average Bonchev–Trinajstić information content (AvgIpc) is 2.55. The minimum Gasteiger partial charge on any atom is -0.467 e. The molecule has 3 atom stereocenters. The van der Waals surface area contributed by atoms with E-state index in [1.54, 1.807) is 20.8 Å². The van der Waals surface area contributed by atoms with Crippen LogP contribution in [-0.2, 0) is 19.1 Å². The number of ether oxygens (including phenoxy) is 2. The molecule has 0 aliphatic heterocycles. The first kappa shape index (κ1) is 24.2. The van der Waals surface area contributed by atoms with E-state index in [9.17, 15) is 14.4 Å². The highest BCUT2D eigenvalue weighted by atomic mass is 16.6. The van der Waals surface area contributed by atoms with Crippen molar-refractivity contribution in [1.29, 1.82) is 0 Å². The summed E-state index contributed by atoms with van der Waals surface area (Å²) in [5.74, 6) is -1.05. The zero-order valence-electron chi connectivity index (χ0n) is 16.9. The number of unbranched alkanes of at least 4 members (excludes halogenated alkanes) is 1. The molecule has 4 N–H and O–H groups in total. The van der Waals surface area contributed by atoms with Crippen molar-refractivity contribution in [3.63, 3.8) is 0 Å². The topological polar surface area (TPSA) is 120 Å². The Labute approximate surface area is 156 Å². The number of hydrogen-bond donors (Lipinski definition) is 3.